The molecule has 0 radical (unpaired) electrons. The van der Waals surface area contributed by atoms with E-state index in [1.54, 1.807) is 4.57 Å². The first-order chi connectivity index (χ1) is 14.5. The molecular weight excluding hydrogens is 380 g/mol. The van der Waals surface area contributed by atoms with Gasteiger partial charge in [-0.2, -0.15) is 0 Å². The third-order valence-electron chi connectivity index (χ3n) is 6.51. The molecule has 7 heteroatoms. The highest BCUT2D eigenvalue weighted by atomic mass is 16.2. The Morgan fingerprint density at radius 3 is 2.20 bits per heavy atom. The van der Waals surface area contributed by atoms with Crippen LogP contribution in [-0.4, -0.2) is 46.1 Å². The van der Waals surface area contributed by atoms with E-state index in [1.807, 2.05) is 42.2 Å². The van der Waals surface area contributed by atoms with Crippen LogP contribution in [0.1, 0.15) is 37.8 Å². The van der Waals surface area contributed by atoms with Crippen LogP contribution in [0.3, 0.4) is 0 Å². The van der Waals surface area contributed by atoms with Crippen molar-refractivity contribution in [3.63, 3.8) is 0 Å². The number of hydrogen-bond donors (Lipinski definition) is 0. The molecule has 2 aromatic rings. The minimum atomic E-state index is -0.345. The van der Waals surface area contributed by atoms with Gasteiger partial charge in [-0.05, 0) is 51.2 Å². The summed E-state index contributed by atoms with van der Waals surface area (Å²) in [5.41, 5.74) is 1.33. The molecule has 2 aliphatic heterocycles. The second kappa shape index (κ2) is 8.50. The van der Waals surface area contributed by atoms with Gasteiger partial charge in [0.05, 0.1) is 11.4 Å². The van der Waals surface area contributed by atoms with Crippen molar-refractivity contribution in [3.05, 3.63) is 56.9 Å². The van der Waals surface area contributed by atoms with Crippen molar-refractivity contribution < 1.29 is 4.79 Å². The number of amides is 1. The average Bonchev–Trinajstić information content (AvgIpc) is 2.79. The van der Waals surface area contributed by atoms with Gasteiger partial charge in [-0.3, -0.25) is 18.7 Å². The summed E-state index contributed by atoms with van der Waals surface area (Å²) in [7, 11) is 1.53. The van der Waals surface area contributed by atoms with E-state index < -0.39 is 0 Å². The van der Waals surface area contributed by atoms with E-state index in [1.165, 1.54) is 18.0 Å². The lowest BCUT2D eigenvalue weighted by Gasteiger charge is -2.37. The first kappa shape index (κ1) is 20.4. The number of anilines is 1. The highest BCUT2D eigenvalue weighted by Gasteiger charge is 2.31. The normalized spacial score (nSPS) is 17.9. The van der Waals surface area contributed by atoms with Crippen LogP contribution in [0.5, 0.6) is 0 Å². The maximum absolute atomic E-state index is 13.0. The van der Waals surface area contributed by atoms with Gasteiger partial charge in [0.25, 0.3) is 5.56 Å². The fraction of sp³-hybridized carbons (Fsp3) is 0.522. The molecule has 0 saturated carbocycles. The van der Waals surface area contributed by atoms with Crippen molar-refractivity contribution in [3.8, 4) is 5.69 Å². The number of piperidine rings is 2. The van der Waals surface area contributed by atoms with Gasteiger partial charge in [-0.15, -0.1) is 0 Å². The largest absolute Gasteiger partial charge is 0.366 e. The monoisotopic (exact) mass is 410 g/mol. The molecule has 2 fully saturated rings. The van der Waals surface area contributed by atoms with E-state index >= 15 is 0 Å². The SMILES string of the molecule is Cc1c(N2CCC(C(=O)N3CCCCC3)CC2)c(=O)n(C)c(=O)n1-c1ccccc1. The van der Waals surface area contributed by atoms with Gasteiger partial charge in [-0.1, -0.05) is 18.2 Å². The number of nitrogens with zero attached hydrogens (tertiary/aromatic N) is 4. The molecule has 0 atom stereocenters. The second-order valence-corrected chi connectivity index (χ2v) is 8.40. The zero-order valence-corrected chi connectivity index (χ0v) is 17.8. The lowest BCUT2D eigenvalue weighted by molar-refractivity contribution is -0.137. The van der Waals surface area contributed by atoms with Crippen LogP contribution in [0, 0.1) is 12.8 Å². The summed E-state index contributed by atoms with van der Waals surface area (Å²) >= 11 is 0. The summed E-state index contributed by atoms with van der Waals surface area (Å²) < 4.78 is 2.78. The molecule has 0 aliphatic carbocycles. The summed E-state index contributed by atoms with van der Waals surface area (Å²) in [5, 5.41) is 0. The van der Waals surface area contributed by atoms with Crippen LogP contribution in [0.25, 0.3) is 5.69 Å². The number of aromatic nitrogens is 2. The van der Waals surface area contributed by atoms with Gasteiger partial charge in [0.15, 0.2) is 0 Å². The smallest absolute Gasteiger partial charge is 0.335 e. The molecule has 1 amide bonds. The quantitative estimate of drug-likeness (QED) is 0.777. The van der Waals surface area contributed by atoms with Crippen LogP contribution < -0.4 is 16.1 Å². The van der Waals surface area contributed by atoms with E-state index in [9.17, 15) is 14.4 Å². The Kier molecular flexibility index (Phi) is 5.79. The van der Waals surface area contributed by atoms with Crippen LogP contribution >= 0.6 is 0 Å². The Morgan fingerprint density at radius 1 is 0.933 bits per heavy atom. The lowest BCUT2D eigenvalue weighted by atomic mass is 9.94. The second-order valence-electron chi connectivity index (χ2n) is 8.40. The lowest BCUT2D eigenvalue weighted by Crippen LogP contribution is -2.47. The third-order valence-corrected chi connectivity index (χ3v) is 6.51. The number of carbonyl (C=O) groups is 1. The molecular formula is C23H30N4O3. The van der Waals surface area contributed by atoms with Crippen LogP contribution in [0.15, 0.2) is 39.9 Å². The molecule has 160 valence electrons. The third kappa shape index (κ3) is 3.68. The summed E-state index contributed by atoms with van der Waals surface area (Å²) in [6, 6.07) is 9.39. The number of hydrogen-bond acceptors (Lipinski definition) is 4. The summed E-state index contributed by atoms with van der Waals surface area (Å²) in [6.45, 7) is 4.87. The topological polar surface area (TPSA) is 67.6 Å². The van der Waals surface area contributed by atoms with Crippen molar-refractivity contribution in [2.45, 2.75) is 39.0 Å². The molecule has 0 spiro atoms. The molecule has 30 heavy (non-hydrogen) atoms. The standard InChI is InChI=1S/C23H30N4O3/c1-17-20(22(29)24(2)23(30)27(17)19-9-5-3-6-10-19)25-15-11-18(12-16-25)21(28)26-13-7-4-8-14-26/h3,5-6,9-10,18H,4,7-8,11-16H2,1-2H3. The Bertz CT molecular complexity index is 1030. The average molecular weight is 411 g/mol. The van der Waals surface area contributed by atoms with Crippen molar-refractivity contribution in [2.24, 2.45) is 13.0 Å². The number of likely N-dealkylation sites (tertiary alicyclic amines) is 1. The van der Waals surface area contributed by atoms with E-state index in [0.29, 0.717) is 24.5 Å². The Labute approximate surface area is 176 Å². The highest BCUT2D eigenvalue weighted by Crippen LogP contribution is 2.26. The molecule has 7 nitrogen and oxygen atoms in total. The number of benzene rings is 1. The van der Waals surface area contributed by atoms with Crippen LogP contribution in [0.4, 0.5) is 5.69 Å². The van der Waals surface area contributed by atoms with Gasteiger partial charge < -0.3 is 9.80 Å². The minimum Gasteiger partial charge on any atom is -0.366 e. The molecule has 0 N–H and O–H groups in total. The van der Waals surface area contributed by atoms with Crippen LogP contribution in [0.2, 0.25) is 0 Å². The van der Waals surface area contributed by atoms with E-state index in [0.717, 1.165) is 44.5 Å². The van der Waals surface area contributed by atoms with Crippen molar-refractivity contribution in [1.82, 2.24) is 14.0 Å². The molecule has 0 bridgehead atoms. The fourth-order valence-corrected chi connectivity index (χ4v) is 4.77. The number of rotatable bonds is 3. The Morgan fingerprint density at radius 2 is 1.57 bits per heavy atom. The van der Waals surface area contributed by atoms with Gasteiger partial charge in [0, 0.05) is 39.1 Å². The summed E-state index contributed by atoms with van der Waals surface area (Å²) in [6.07, 6.45) is 4.88. The maximum Gasteiger partial charge on any atom is 0.335 e. The number of para-hydroxylation sites is 1. The Hall–Kier alpha value is -2.83. The molecule has 2 saturated heterocycles. The molecule has 2 aliphatic rings. The summed E-state index contributed by atoms with van der Waals surface area (Å²) in [5.74, 6) is 0.303. The first-order valence-electron chi connectivity index (χ1n) is 10.9. The van der Waals surface area contributed by atoms with Gasteiger partial charge >= 0.3 is 5.69 Å². The molecule has 1 aromatic heterocycles. The minimum absolute atomic E-state index is 0.0311. The van der Waals surface area contributed by atoms with Crippen molar-refractivity contribution >= 4 is 11.6 Å². The van der Waals surface area contributed by atoms with Crippen molar-refractivity contribution in [2.75, 3.05) is 31.1 Å². The van der Waals surface area contributed by atoms with E-state index in [4.69, 9.17) is 0 Å². The molecule has 0 unspecified atom stereocenters. The predicted octanol–water partition coefficient (Wildman–Crippen LogP) is 2.07. The Balaban J connectivity index is 1.59. The molecule has 3 heterocycles. The maximum atomic E-state index is 13.0. The zero-order chi connectivity index (χ0) is 21.3. The fourth-order valence-electron chi connectivity index (χ4n) is 4.77. The summed E-state index contributed by atoms with van der Waals surface area (Å²) in [4.78, 5) is 42.7. The van der Waals surface area contributed by atoms with Gasteiger partial charge in [-0.25, -0.2) is 4.79 Å². The van der Waals surface area contributed by atoms with Gasteiger partial charge in [0.1, 0.15) is 5.69 Å². The van der Waals surface area contributed by atoms with Crippen LogP contribution in [-0.2, 0) is 11.8 Å². The first-order valence-corrected chi connectivity index (χ1v) is 10.9. The molecule has 1 aromatic carbocycles. The van der Waals surface area contributed by atoms with Crippen molar-refractivity contribution in [1.29, 1.82) is 0 Å². The predicted molar refractivity (Wildman–Crippen MR) is 117 cm³/mol. The number of carbonyl (C=O) groups excluding carboxylic acids is 1. The highest BCUT2D eigenvalue weighted by molar-refractivity contribution is 5.79. The van der Waals surface area contributed by atoms with Gasteiger partial charge in [0.2, 0.25) is 5.91 Å². The molecule has 4 rings (SSSR count). The zero-order valence-electron chi connectivity index (χ0n) is 17.8. The van der Waals surface area contributed by atoms with E-state index in [2.05, 4.69) is 4.90 Å². The van der Waals surface area contributed by atoms with E-state index in [-0.39, 0.29) is 23.1 Å².